The summed E-state index contributed by atoms with van der Waals surface area (Å²) < 4.78 is 28.9. The van der Waals surface area contributed by atoms with E-state index in [0.29, 0.717) is 11.0 Å². The molecule has 4 N–H and O–H groups in total. The first-order valence-corrected chi connectivity index (χ1v) is 6.21. The van der Waals surface area contributed by atoms with E-state index in [0.717, 1.165) is 12.1 Å². The first-order chi connectivity index (χ1) is 9.95. The Balaban J connectivity index is 2.11. The standard InChI is InChI=1S/C12H9ClF2N6/c13-10-6-3-18-21(11(6)20-12(17)19-10)4-7-8(14)1-5(16)2-9(7)15/h1-3H,4,16H2,(H2,17,19,20). The lowest BCUT2D eigenvalue weighted by Crippen LogP contribution is -2.08. The summed E-state index contributed by atoms with van der Waals surface area (Å²) in [5.41, 5.74) is 11.0. The fourth-order valence-electron chi connectivity index (χ4n) is 1.98. The zero-order valence-electron chi connectivity index (χ0n) is 10.5. The van der Waals surface area contributed by atoms with E-state index in [9.17, 15) is 8.78 Å². The molecule has 0 aliphatic carbocycles. The number of hydrogen-bond acceptors (Lipinski definition) is 5. The summed E-state index contributed by atoms with van der Waals surface area (Å²) in [6, 6.07) is 2.08. The molecular weight excluding hydrogens is 302 g/mol. The van der Waals surface area contributed by atoms with E-state index in [1.165, 1.54) is 10.9 Å². The van der Waals surface area contributed by atoms with Crippen LogP contribution in [0.1, 0.15) is 5.56 Å². The third-order valence-corrected chi connectivity index (χ3v) is 3.23. The zero-order chi connectivity index (χ0) is 15.1. The van der Waals surface area contributed by atoms with Gasteiger partial charge in [-0.2, -0.15) is 10.1 Å². The van der Waals surface area contributed by atoms with Crippen molar-refractivity contribution in [2.24, 2.45) is 0 Å². The number of fused-ring (bicyclic) bond motifs is 1. The molecule has 108 valence electrons. The second-order valence-electron chi connectivity index (χ2n) is 4.38. The zero-order valence-corrected chi connectivity index (χ0v) is 11.3. The van der Waals surface area contributed by atoms with Crippen LogP contribution in [0.2, 0.25) is 5.15 Å². The van der Waals surface area contributed by atoms with Gasteiger partial charge in [0, 0.05) is 11.3 Å². The molecular formula is C12H9ClF2N6. The molecule has 0 saturated heterocycles. The molecule has 9 heteroatoms. The van der Waals surface area contributed by atoms with Crippen LogP contribution in [0.15, 0.2) is 18.3 Å². The van der Waals surface area contributed by atoms with Crippen molar-refractivity contribution in [3.8, 4) is 0 Å². The molecule has 3 aromatic rings. The van der Waals surface area contributed by atoms with Crippen molar-refractivity contribution in [1.82, 2.24) is 19.7 Å². The number of anilines is 2. The van der Waals surface area contributed by atoms with E-state index in [1.54, 1.807) is 0 Å². The maximum atomic E-state index is 13.8. The lowest BCUT2D eigenvalue weighted by Gasteiger charge is -2.07. The van der Waals surface area contributed by atoms with Crippen LogP contribution in [0, 0.1) is 11.6 Å². The number of nitrogens with two attached hydrogens (primary N) is 2. The summed E-state index contributed by atoms with van der Waals surface area (Å²) in [7, 11) is 0. The minimum atomic E-state index is -0.760. The highest BCUT2D eigenvalue weighted by molar-refractivity contribution is 6.34. The van der Waals surface area contributed by atoms with Crippen molar-refractivity contribution in [2.45, 2.75) is 6.54 Å². The highest BCUT2D eigenvalue weighted by Crippen LogP contribution is 2.23. The van der Waals surface area contributed by atoms with Crippen molar-refractivity contribution < 1.29 is 8.78 Å². The van der Waals surface area contributed by atoms with Crippen LogP contribution in [0.4, 0.5) is 20.4 Å². The van der Waals surface area contributed by atoms with Crippen LogP contribution in [0.5, 0.6) is 0 Å². The lowest BCUT2D eigenvalue weighted by molar-refractivity contribution is 0.537. The summed E-state index contributed by atoms with van der Waals surface area (Å²) in [4.78, 5) is 7.77. The maximum absolute atomic E-state index is 13.8. The van der Waals surface area contributed by atoms with Gasteiger partial charge in [-0.05, 0) is 12.1 Å². The first-order valence-electron chi connectivity index (χ1n) is 5.83. The van der Waals surface area contributed by atoms with Crippen LogP contribution in [-0.2, 0) is 6.54 Å². The van der Waals surface area contributed by atoms with Crippen molar-refractivity contribution in [2.75, 3.05) is 11.5 Å². The molecule has 0 radical (unpaired) electrons. The SMILES string of the molecule is Nc1cc(F)c(Cn2ncc3c(Cl)nc(N)nc32)c(F)c1. The van der Waals surface area contributed by atoms with Gasteiger partial charge >= 0.3 is 0 Å². The Labute approximate surface area is 122 Å². The molecule has 0 aliphatic rings. The number of hydrogen-bond donors (Lipinski definition) is 2. The van der Waals surface area contributed by atoms with Crippen molar-refractivity contribution in [3.63, 3.8) is 0 Å². The summed E-state index contributed by atoms with van der Waals surface area (Å²) in [6.45, 7) is -0.172. The normalized spacial score (nSPS) is 11.2. The number of nitrogens with zero attached hydrogens (tertiary/aromatic N) is 4. The Morgan fingerprint density at radius 1 is 1.14 bits per heavy atom. The van der Waals surface area contributed by atoms with Crippen LogP contribution < -0.4 is 11.5 Å². The monoisotopic (exact) mass is 310 g/mol. The van der Waals surface area contributed by atoms with Crippen LogP contribution in [0.3, 0.4) is 0 Å². The van der Waals surface area contributed by atoms with Gasteiger partial charge in [0.2, 0.25) is 5.95 Å². The number of nitrogen functional groups attached to an aromatic ring is 2. The summed E-state index contributed by atoms with van der Waals surface area (Å²) in [5, 5.41) is 4.58. The Hall–Kier alpha value is -2.48. The topological polar surface area (TPSA) is 95.6 Å². The summed E-state index contributed by atoms with van der Waals surface area (Å²) >= 11 is 5.91. The van der Waals surface area contributed by atoms with Gasteiger partial charge in [-0.15, -0.1) is 0 Å². The molecule has 2 heterocycles. The fraction of sp³-hybridized carbons (Fsp3) is 0.0833. The molecule has 0 atom stereocenters. The quantitative estimate of drug-likeness (QED) is 0.557. The van der Waals surface area contributed by atoms with Gasteiger partial charge in [0.05, 0.1) is 18.1 Å². The van der Waals surface area contributed by atoms with Crippen molar-refractivity contribution in [1.29, 1.82) is 0 Å². The molecule has 0 fully saturated rings. The van der Waals surface area contributed by atoms with Crippen LogP contribution >= 0.6 is 11.6 Å². The molecule has 0 aliphatic heterocycles. The van der Waals surface area contributed by atoms with Gasteiger partial charge in [-0.1, -0.05) is 11.6 Å². The van der Waals surface area contributed by atoms with Gasteiger partial charge in [0.1, 0.15) is 16.8 Å². The Kier molecular flexibility index (Phi) is 3.09. The van der Waals surface area contributed by atoms with Gasteiger partial charge < -0.3 is 11.5 Å². The largest absolute Gasteiger partial charge is 0.399 e. The van der Waals surface area contributed by atoms with Gasteiger partial charge in [0.25, 0.3) is 0 Å². The molecule has 0 amide bonds. The molecule has 0 saturated carbocycles. The smallest absolute Gasteiger partial charge is 0.223 e. The lowest BCUT2D eigenvalue weighted by atomic mass is 10.2. The van der Waals surface area contributed by atoms with Gasteiger partial charge in [-0.3, -0.25) is 0 Å². The first kappa shape index (κ1) is 13.5. The van der Waals surface area contributed by atoms with Gasteiger partial charge in [-0.25, -0.2) is 18.4 Å². The Morgan fingerprint density at radius 3 is 2.48 bits per heavy atom. The average Bonchev–Trinajstić information content (AvgIpc) is 2.77. The molecule has 2 aromatic heterocycles. The van der Waals surface area contributed by atoms with E-state index in [1.807, 2.05) is 0 Å². The molecule has 3 rings (SSSR count). The highest BCUT2D eigenvalue weighted by atomic mass is 35.5. The fourth-order valence-corrected chi connectivity index (χ4v) is 2.20. The van der Waals surface area contributed by atoms with Gasteiger partial charge in [0.15, 0.2) is 5.65 Å². The van der Waals surface area contributed by atoms with E-state index >= 15 is 0 Å². The molecule has 1 aromatic carbocycles. The molecule has 0 spiro atoms. The van der Waals surface area contributed by atoms with E-state index < -0.39 is 11.6 Å². The molecule has 0 unspecified atom stereocenters. The molecule has 0 bridgehead atoms. The Bertz CT molecular complexity index is 824. The third-order valence-electron chi connectivity index (χ3n) is 2.94. The van der Waals surface area contributed by atoms with Crippen molar-refractivity contribution in [3.05, 3.63) is 40.7 Å². The van der Waals surface area contributed by atoms with E-state index in [4.69, 9.17) is 23.1 Å². The maximum Gasteiger partial charge on any atom is 0.223 e. The molecule has 21 heavy (non-hydrogen) atoms. The number of aromatic nitrogens is 4. The highest BCUT2D eigenvalue weighted by Gasteiger charge is 2.15. The average molecular weight is 311 g/mol. The number of benzene rings is 1. The predicted octanol–water partition coefficient (Wildman–Crippen LogP) is 1.97. The van der Waals surface area contributed by atoms with E-state index in [-0.39, 0.29) is 28.9 Å². The van der Waals surface area contributed by atoms with Crippen LogP contribution in [0.25, 0.3) is 11.0 Å². The number of halogens is 3. The third kappa shape index (κ3) is 2.33. The summed E-state index contributed by atoms with van der Waals surface area (Å²) in [5.74, 6) is -1.57. The Morgan fingerprint density at radius 2 is 1.81 bits per heavy atom. The number of rotatable bonds is 2. The minimum Gasteiger partial charge on any atom is -0.399 e. The predicted molar refractivity (Wildman–Crippen MR) is 74.6 cm³/mol. The van der Waals surface area contributed by atoms with E-state index in [2.05, 4.69) is 15.1 Å². The van der Waals surface area contributed by atoms with Crippen molar-refractivity contribution >= 4 is 34.3 Å². The molecule has 6 nitrogen and oxygen atoms in total. The second-order valence-corrected chi connectivity index (χ2v) is 4.73. The summed E-state index contributed by atoms with van der Waals surface area (Å²) in [6.07, 6.45) is 1.41. The second kappa shape index (κ2) is 4.81. The van der Waals surface area contributed by atoms with Crippen LogP contribution in [-0.4, -0.2) is 19.7 Å². The minimum absolute atomic E-state index is 0.00804.